The van der Waals surface area contributed by atoms with Crippen LogP contribution in [0.2, 0.25) is 5.02 Å². The molecule has 55 heavy (non-hydrogen) atoms. The number of nitriles is 2. The van der Waals surface area contributed by atoms with E-state index in [-0.39, 0.29) is 11.9 Å². The number of nitrogens with one attached hydrogen (secondary N) is 3. The van der Waals surface area contributed by atoms with E-state index >= 15 is 0 Å². The Hall–Kier alpha value is -5.57. The number of likely N-dealkylation sites (tertiary alicyclic amines) is 1. The molecule has 1 aromatic carbocycles. The number of carbonyl (C=O) groups excluding carboxylic acids is 2. The Morgan fingerprint density at radius 2 is 1.82 bits per heavy atom. The molecule has 282 valence electrons. The van der Waals surface area contributed by atoms with Crippen molar-refractivity contribution in [1.29, 1.82) is 10.5 Å². The minimum atomic E-state index is -0.465. The van der Waals surface area contributed by atoms with Crippen LogP contribution < -0.4 is 20.9 Å². The van der Waals surface area contributed by atoms with Gasteiger partial charge >= 0.3 is 6.03 Å². The maximum atomic E-state index is 12.2. The van der Waals surface area contributed by atoms with Crippen LogP contribution in [0.4, 0.5) is 27.8 Å². The van der Waals surface area contributed by atoms with Gasteiger partial charge in [0.1, 0.15) is 29.4 Å². The molecular weight excluding hydrogens is 716 g/mol. The molecule has 1 spiro atoms. The van der Waals surface area contributed by atoms with E-state index < -0.39 is 6.04 Å². The van der Waals surface area contributed by atoms with Gasteiger partial charge in [-0.05, 0) is 99.4 Å². The molecule has 2 aliphatic carbocycles. The van der Waals surface area contributed by atoms with Crippen LogP contribution in [0.1, 0.15) is 86.9 Å². The summed E-state index contributed by atoms with van der Waals surface area (Å²) in [7, 11) is 0. The molecule has 4 fully saturated rings. The first-order valence-electron chi connectivity index (χ1n) is 19.0. The number of carbonyl (C=O) groups is 2. The fraction of sp³-hybridized carbons (Fsp3) is 0.450. The van der Waals surface area contributed by atoms with Crippen molar-refractivity contribution in [3.05, 3.63) is 76.8 Å². The normalized spacial score (nSPS) is 21.5. The Kier molecular flexibility index (Phi) is 10.1. The molecular formula is C40H43ClN12O2. The van der Waals surface area contributed by atoms with E-state index in [1.807, 2.05) is 24.4 Å². The highest BCUT2D eigenvalue weighted by Gasteiger charge is 2.52. The molecule has 0 radical (unpaired) electrons. The lowest BCUT2D eigenvalue weighted by atomic mass is 9.56. The van der Waals surface area contributed by atoms with E-state index in [1.165, 1.54) is 63.0 Å². The standard InChI is InChI=1S/C40H43ClN12O2/c1-25(18-42)46-33-15-36(47-38-32(41)14-27(19-43)20-45-38)44-21-35(33)53-22-34(49-50-53)29-4-2-26(3-5-29)10-12-51-23-40(24-51)16-30(17-40)28-6-8-31(9-7-28)52-13-11-37(54)48-39(52)55/h6-9,14-15,20-22,25-26,29-30H,2-5,10-13,16-17,23-24H2,1H3,(H,48,54,55)(H2,44,45,46,47)/t25-,26?,29?/m1/s1. The number of urea groups is 1. The lowest BCUT2D eigenvalue weighted by Crippen LogP contribution is -2.61. The molecule has 2 saturated heterocycles. The lowest BCUT2D eigenvalue weighted by Gasteiger charge is -2.59. The van der Waals surface area contributed by atoms with Crippen LogP contribution in [0.25, 0.3) is 5.69 Å². The maximum Gasteiger partial charge on any atom is 0.328 e. The zero-order chi connectivity index (χ0) is 38.1. The molecule has 2 aliphatic heterocycles. The number of pyridine rings is 2. The van der Waals surface area contributed by atoms with Gasteiger partial charge in [-0.3, -0.25) is 15.0 Å². The van der Waals surface area contributed by atoms with Crippen molar-refractivity contribution in [3.8, 4) is 17.8 Å². The minimum Gasteiger partial charge on any atom is -0.368 e. The number of hydrogen-bond donors (Lipinski definition) is 3. The minimum absolute atomic E-state index is 0.213. The molecule has 14 nitrogen and oxygen atoms in total. The summed E-state index contributed by atoms with van der Waals surface area (Å²) in [6, 6.07) is 15.1. The summed E-state index contributed by atoms with van der Waals surface area (Å²) in [5, 5.41) is 36.7. The van der Waals surface area contributed by atoms with Gasteiger partial charge in [-0.1, -0.05) is 28.9 Å². The van der Waals surface area contributed by atoms with Gasteiger partial charge in [-0.25, -0.2) is 19.4 Å². The SMILES string of the molecule is C[C@H](C#N)Nc1cc(Nc2ncc(C#N)cc2Cl)ncc1-n1cc(C2CCC(CCN3CC4(CC(c5ccc(N6CCC(=O)NC6=O)cc5)C4)C3)CC2)nn1. The van der Waals surface area contributed by atoms with Crippen LogP contribution in [0, 0.1) is 34.0 Å². The van der Waals surface area contributed by atoms with Gasteiger partial charge in [0.2, 0.25) is 5.91 Å². The smallest absolute Gasteiger partial charge is 0.328 e. The average molecular weight is 759 g/mol. The van der Waals surface area contributed by atoms with E-state index in [4.69, 9.17) is 16.9 Å². The third kappa shape index (κ3) is 7.84. The van der Waals surface area contributed by atoms with Crippen molar-refractivity contribution in [2.24, 2.45) is 11.3 Å². The highest BCUT2D eigenvalue weighted by molar-refractivity contribution is 6.33. The second-order valence-corrected chi connectivity index (χ2v) is 16.0. The molecule has 4 aliphatic rings. The first-order chi connectivity index (χ1) is 26.7. The number of aromatic nitrogens is 5. The van der Waals surface area contributed by atoms with Crippen LogP contribution in [0.5, 0.6) is 0 Å². The van der Waals surface area contributed by atoms with E-state index in [2.05, 4.69) is 59.3 Å². The van der Waals surface area contributed by atoms with Crippen molar-refractivity contribution in [2.45, 2.75) is 76.2 Å². The quantitative estimate of drug-likeness (QED) is 0.149. The third-order valence-electron chi connectivity index (χ3n) is 11.7. The van der Waals surface area contributed by atoms with Crippen molar-refractivity contribution in [1.82, 2.24) is 35.2 Å². The van der Waals surface area contributed by atoms with Crippen LogP contribution in [-0.4, -0.2) is 74.0 Å². The predicted octanol–water partition coefficient (Wildman–Crippen LogP) is 6.64. The van der Waals surface area contributed by atoms with Gasteiger partial charge in [0, 0.05) is 49.9 Å². The zero-order valence-electron chi connectivity index (χ0n) is 30.7. The molecule has 0 bridgehead atoms. The van der Waals surface area contributed by atoms with Gasteiger partial charge in [-0.15, -0.1) is 5.10 Å². The summed E-state index contributed by atoms with van der Waals surface area (Å²) in [5.74, 6) is 2.28. The predicted molar refractivity (Wildman–Crippen MR) is 207 cm³/mol. The molecule has 0 unspecified atom stereocenters. The Morgan fingerprint density at radius 1 is 1.04 bits per heavy atom. The Morgan fingerprint density at radius 3 is 2.53 bits per heavy atom. The van der Waals surface area contributed by atoms with Gasteiger partial charge in [0.25, 0.3) is 0 Å². The van der Waals surface area contributed by atoms with Crippen LogP contribution in [-0.2, 0) is 4.79 Å². The molecule has 3 aromatic heterocycles. The van der Waals surface area contributed by atoms with Crippen LogP contribution in [0.15, 0.2) is 55.0 Å². The Labute approximate surface area is 324 Å². The lowest BCUT2D eigenvalue weighted by molar-refractivity contribution is -0.120. The van der Waals surface area contributed by atoms with Crippen molar-refractivity contribution < 1.29 is 9.59 Å². The maximum absolute atomic E-state index is 12.2. The zero-order valence-corrected chi connectivity index (χ0v) is 31.5. The first-order valence-corrected chi connectivity index (χ1v) is 19.4. The van der Waals surface area contributed by atoms with Crippen molar-refractivity contribution in [3.63, 3.8) is 0 Å². The molecule has 1 atom stereocenters. The average Bonchev–Trinajstić information content (AvgIpc) is 3.65. The number of nitrogens with zero attached hydrogens (tertiary/aromatic N) is 9. The topological polar surface area (TPSA) is 181 Å². The molecule has 3 N–H and O–H groups in total. The summed E-state index contributed by atoms with van der Waals surface area (Å²) >= 11 is 6.32. The monoisotopic (exact) mass is 758 g/mol. The van der Waals surface area contributed by atoms with Gasteiger partial charge in [-0.2, -0.15) is 10.5 Å². The van der Waals surface area contributed by atoms with E-state index in [9.17, 15) is 14.9 Å². The second-order valence-electron chi connectivity index (χ2n) is 15.6. The number of anilines is 4. The molecule has 5 heterocycles. The number of benzene rings is 1. The van der Waals surface area contributed by atoms with Crippen LogP contribution in [0.3, 0.4) is 0 Å². The van der Waals surface area contributed by atoms with E-state index in [0.717, 1.165) is 36.7 Å². The molecule has 8 rings (SSSR count). The van der Waals surface area contributed by atoms with E-state index in [0.29, 0.717) is 63.8 Å². The molecule has 3 amide bonds. The number of rotatable bonds is 11. The van der Waals surface area contributed by atoms with Crippen molar-refractivity contribution in [2.75, 3.05) is 41.7 Å². The highest BCUT2D eigenvalue weighted by Crippen LogP contribution is 2.56. The molecule has 15 heteroatoms. The van der Waals surface area contributed by atoms with Crippen molar-refractivity contribution >= 4 is 46.5 Å². The van der Waals surface area contributed by atoms with E-state index in [1.54, 1.807) is 28.8 Å². The van der Waals surface area contributed by atoms with Gasteiger partial charge < -0.3 is 15.5 Å². The summed E-state index contributed by atoms with van der Waals surface area (Å²) in [4.78, 5) is 36.7. The summed E-state index contributed by atoms with van der Waals surface area (Å²) in [5.41, 5.74) is 5.30. The van der Waals surface area contributed by atoms with Gasteiger partial charge in [0.05, 0.1) is 40.4 Å². The second kappa shape index (κ2) is 15.3. The molecule has 4 aromatic rings. The number of amides is 3. The Balaban J connectivity index is 0.796. The summed E-state index contributed by atoms with van der Waals surface area (Å²) in [6.45, 7) is 5.75. The first kappa shape index (κ1) is 36.4. The molecule has 2 saturated carbocycles. The third-order valence-corrected chi connectivity index (χ3v) is 12.0. The fourth-order valence-corrected chi connectivity index (χ4v) is 8.98. The number of hydrogen-bond acceptors (Lipinski definition) is 11. The highest BCUT2D eigenvalue weighted by atomic mass is 35.5. The fourth-order valence-electron chi connectivity index (χ4n) is 8.76. The van der Waals surface area contributed by atoms with Crippen LogP contribution >= 0.6 is 11.6 Å². The largest absolute Gasteiger partial charge is 0.368 e. The Bertz CT molecular complexity index is 2150. The summed E-state index contributed by atoms with van der Waals surface area (Å²) < 4.78 is 1.72. The number of halogens is 1. The van der Waals surface area contributed by atoms with Gasteiger partial charge in [0.15, 0.2) is 0 Å². The number of imide groups is 1. The summed E-state index contributed by atoms with van der Waals surface area (Å²) in [6.07, 6.45) is 13.7.